The molecule has 3 aromatic rings. The molecule has 174 valence electrons. The number of nitrogens with one attached hydrogen (secondary N) is 1. The van der Waals surface area contributed by atoms with Gasteiger partial charge >= 0.3 is 0 Å². The van der Waals surface area contributed by atoms with Crippen molar-refractivity contribution >= 4 is 40.7 Å². The second-order valence-corrected chi connectivity index (χ2v) is 8.91. The molecule has 0 bridgehead atoms. The molecule has 2 amide bonds. The van der Waals surface area contributed by atoms with Crippen LogP contribution in [0.4, 0.5) is 5.69 Å². The molecule has 8 heteroatoms. The zero-order valence-electron chi connectivity index (χ0n) is 18.9. The van der Waals surface area contributed by atoms with Crippen LogP contribution in [0, 0.1) is 6.92 Å². The molecule has 0 saturated carbocycles. The van der Waals surface area contributed by atoms with Crippen molar-refractivity contribution in [2.45, 2.75) is 19.9 Å². The van der Waals surface area contributed by atoms with Crippen molar-refractivity contribution in [3.8, 4) is 0 Å². The van der Waals surface area contributed by atoms with Crippen molar-refractivity contribution in [3.63, 3.8) is 0 Å². The Hall–Kier alpha value is -2.80. The molecule has 0 aliphatic carbocycles. The van der Waals surface area contributed by atoms with Crippen LogP contribution in [-0.4, -0.2) is 48.8 Å². The molecule has 3 rings (SSSR count). The standard InChI is InChI=1S/C25H27Cl2N3O3/c1-17-7-9-19(15-22(17)28-24(31)23-6-4-13-33-23)25(32)30(12-5-11-29(2)3)16-18-8-10-20(26)21(27)14-18/h4,6-10,13-15H,5,11-12,16H2,1-3H3,(H,28,31). The van der Waals surface area contributed by atoms with Crippen LogP contribution in [0.2, 0.25) is 10.0 Å². The molecule has 0 spiro atoms. The molecule has 0 unspecified atom stereocenters. The molecular weight excluding hydrogens is 461 g/mol. The third kappa shape index (κ3) is 6.84. The topological polar surface area (TPSA) is 65.8 Å². The summed E-state index contributed by atoms with van der Waals surface area (Å²) >= 11 is 12.2. The molecule has 0 fully saturated rings. The Morgan fingerprint density at radius 1 is 1.00 bits per heavy atom. The van der Waals surface area contributed by atoms with E-state index in [1.165, 1.54) is 6.26 Å². The van der Waals surface area contributed by atoms with Gasteiger partial charge in [0.2, 0.25) is 0 Å². The van der Waals surface area contributed by atoms with Crippen LogP contribution in [-0.2, 0) is 6.54 Å². The summed E-state index contributed by atoms with van der Waals surface area (Å²) in [5, 5.41) is 3.75. The van der Waals surface area contributed by atoms with E-state index in [1.807, 2.05) is 33.2 Å². The number of rotatable bonds is 9. The number of amides is 2. The minimum atomic E-state index is -0.369. The highest BCUT2D eigenvalue weighted by atomic mass is 35.5. The van der Waals surface area contributed by atoms with Crippen molar-refractivity contribution in [2.24, 2.45) is 0 Å². The zero-order chi connectivity index (χ0) is 24.0. The molecule has 2 aromatic carbocycles. The number of aryl methyl sites for hydroxylation is 1. The predicted molar refractivity (Wildman–Crippen MR) is 132 cm³/mol. The molecule has 1 aromatic heterocycles. The minimum absolute atomic E-state index is 0.131. The lowest BCUT2D eigenvalue weighted by atomic mass is 10.1. The second kappa shape index (κ2) is 11.4. The number of anilines is 1. The Labute approximate surface area is 204 Å². The van der Waals surface area contributed by atoms with Gasteiger partial charge in [0.15, 0.2) is 5.76 Å². The predicted octanol–water partition coefficient (Wildman–Crippen LogP) is 5.74. The van der Waals surface area contributed by atoms with Crippen LogP contribution in [0.1, 0.15) is 38.5 Å². The van der Waals surface area contributed by atoms with Crippen LogP contribution >= 0.6 is 23.2 Å². The van der Waals surface area contributed by atoms with Gasteiger partial charge < -0.3 is 19.5 Å². The average Bonchev–Trinajstić information content (AvgIpc) is 3.31. The van der Waals surface area contributed by atoms with Crippen molar-refractivity contribution in [3.05, 3.63) is 87.3 Å². The Morgan fingerprint density at radius 2 is 1.79 bits per heavy atom. The number of carbonyl (C=O) groups excluding carboxylic acids is 2. The first-order chi connectivity index (χ1) is 15.7. The maximum atomic E-state index is 13.5. The van der Waals surface area contributed by atoms with Gasteiger partial charge in [0.05, 0.1) is 16.3 Å². The molecular formula is C25H27Cl2N3O3. The molecule has 6 nitrogen and oxygen atoms in total. The van der Waals surface area contributed by atoms with Crippen LogP contribution in [0.3, 0.4) is 0 Å². The van der Waals surface area contributed by atoms with Crippen LogP contribution in [0.25, 0.3) is 0 Å². The van der Waals surface area contributed by atoms with Crippen LogP contribution in [0.5, 0.6) is 0 Å². The highest BCUT2D eigenvalue weighted by Crippen LogP contribution is 2.24. The number of carbonyl (C=O) groups is 2. The molecule has 1 N–H and O–H groups in total. The van der Waals surface area contributed by atoms with Crippen molar-refractivity contribution in [1.29, 1.82) is 0 Å². The van der Waals surface area contributed by atoms with Gasteiger partial charge in [-0.05, 0) is 81.5 Å². The van der Waals surface area contributed by atoms with Gasteiger partial charge in [-0.15, -0.1) is 0 Å². The highest BCUT2D eigenvalue weighted by molar-refractivity contribution is 6.42. The number of hydrogen-bond donors (Lipinski definition) is 1. The maximum absolute atomic E-state index is 13.5. The number of benzene rings is 2. The smallest absolute Gasteiger partial charge is 0.291 e. The first-order valence-electron chi connectivity index (χ1n) is 10.6. The summed E-state index contributed by atoms with van der Waals surface area (Å²) in [5.74, 6) is -0.296. The van der Waals surface area contributed by atoms with E-state index in [4.69, 9.17) is 27.6 Å². The van der Waals surface area contributed by atoms with E-state index in [9.17, 15) is 9.59 Å². The van der Waals surface area contributed by atoms with Crippen molar-refractivity contribution in [1.82, 2.24) is 9.80 Å². The third-order valence-electron chi connectivity index (χ3n) is 5.16. The van der Waals surface area contributed by atoms with E-state index < -0.39 is 0 Å². The number of furan rings is 1. The monoisotopic (exact) mass is 487 g/mol. The summed E-state index contributed by atoms with van der Waals surface area (Å²) in [4.78, 5) is 29.8. The fourth-order valence-electron chi connectivity index (χ4n) is 3.35. The Kier molecular flexibility index (Phi) is 8.55. The molecule has 0 aliphatic heterocycles. The SMILES string of the molecule is Cc1ccc(C(=O)N(CCCN(C)C)Cc2ccc(Cl)c(Cl)c2)cc1NC(=O)c1ccco1. The van der Waals surface area contributed by atoms with Gasteiger partial charge in [0.25, 0.3) is 11.8 Å². The van der Waals surface area contributed by atoms with E-state index in [-0.39, 0.29) is 17.6 Å². The van der Waals surface area contributed by atoms with Crippen molar-refractivity contribution < 1.29 is 14.0 Å². The van der Waals surface area contributed by atoms with Gasteiger partial charge in [-0.1, -0.05) is 35.3 Å². The van der Waals surface area contributed by atoms with Gasteiger partial charge in [0, 0.05) is 24.3 Å². The summed E-state index contributed by atoms with van der Waals surface area (Å²) in [6.07, 6.45) is 2.25. The minimum Gasteiger partial charge on any atom is -0.459 e. The fourth-order valence-corrected chi connectivity index (χ4v) is 3.67. The second-order valence-electron chi connectivity index (χ2n) is 8.09. The number of halogens is 2. The molecule has 33 heavy (non-hydrogen) atoms. The van der Waals surface area contributed by atoms with E-state index in [2.05, 4.69) is 10.2 Å². The fraction of sp³-hybridized carbons (Fsp3) is 0.280. The average molecular weight is 488 g/mol. The lowest BCUT2D eigenvalue weighted by Crippen LogP contribution is -2.33. The third-order valence-corrected chi connectivity index (χ3v) is 5.89. The summed E-state index contributed by atoms with van der Waals surface area (Å²) in [7, 11) is 4.00. The van der Waals surface area contributed by atoms with E-state index >= 15 is 0 Å². The lowest BCUT2D eigenvalue weighted by Gasteiger charge is -2.24. The van der Waals surface area contributed by atoms with Crippen LogP contribution < -0.4 is 5.32 Å². The van der Waals surface area contributed by atoms with Crippen LogP contribution in [0.15, 0.2) is 59.2 Å². The Morgan fingerprint density at radius 3 is 2.45 bits per heavy atom. The van der Waals surface area contributed by atoms with Gasteiger partial charge in [-0.2, -0.15) is 0 Å². The zero-order valence-corrected chi connectivity index (χ0v) is 20.4. The Balaban J connectivity index is 1.82. The largest absolute Gasteiger partial charge is 0.459 e. The van der Waals surface area contributed by atoms with Gasteiger partial charge in [-0.3, -0.25) is 9.59 Å². The van der Waals surface area contributed by atoms with E-state index in [0.717, 1.165) is 24.1 Å². The lowest BCUT2D eigenvalue weighted by molar-refractivity contribution is 0.0737. The van der Waals surface area contributed by atoms with E-state index in [0.29, 0.717) is 34.4 Å². The molecule has 0 atom stereocenters. The molecule has 1 heterocycles. The quantitative estimate of drug-likeness (QED) is 0.417. The molecule has 0 aliphatic rings. The van der Waals surface area contributed by atoms with Gasteiger partial charge in [-0.25, -0.2) is 0 Å². The van der Waals surface area contributed by atoms with E-state index in [1.54, 1.807) is 41.3 Å². The maximum Gasteiger partial charge on any atom is 0.291 e. The molecule has 0 saturated heterocycles. The number of hydrogen-bond acceptors (Lipinski definition) is 4. The summed E-state index contributed by atoms with van der Waals surface area (Å²) in [6, 6.07) is 13.9. The van der Waals surface area contributed by atoms with Crippen molar-refractivity contribution in [2.75, 3.05) is 32.5 Å². The summed E-state index contributed by atoms with van der Waals surface area (Å²) in [5.41, 5.74) is 2.78. The normalized spacial score (nSPS) is 11.0. The first-order valence-corrected chi connectivity index (χ1v) is 11.3. The number of nitrogens with zero attached hydrogens (tertiary/aromatic N) is 2. The molecule has 0 radical (unpaired) electrons. The van der Waals surface area contributed by atoms with Gasteiger partial charge in [0.1, 0.15) is 0 Å². The Bertz CT molecular complexity index is 1110. The highest BCUT2D eigenvalue weighted by Gasteiger charge is 2.19. The first kappa shape index (κ1) is 24.8. The summed E-state index contributed by atoms with van der Waals surface area (Å²) < 4.78 is 5.16. The summed E-state index contributed by atoms with van der Waals surface area (Å²) in [6.45, 7) is 3.68.